The van der Waals surface area contributed by atoms with Crippen LogP contribution in [0, 0.1) is 23.2 Å². The lowest BCUT2D eigenvalue weighted by Crippen LogP contribution is -2.49. The first kappa shape index (κ1) is 11.5. The van der Waals surface area contributed by atoms with Crippen molar-refractivity contribution in [2.45, 2.75) is 39.7 Å². The Balaban J connectivity index is 2.10. The van der Waals surface area contributed by atoms with Crippen LogP contribution in [0.25, 0.3) is 0 Å². The fourth-order valence-electron chi connectivity index (χ4n) is 4.63. The molecule has 0 amide bonds. The second-order valence-corrected chi connectivity index (χ2v) is 6.73. The Hall–Kier alpha value is -0.630. The Labute approximate surface area is 104 Å². The van der Waals surface area contributed by atoms with Gasteiger partial charge in [-0.15, -0.1) is 0 Å². The average Bonchev–Trinajstić information content (AvgIpc) is 2.67. The van der Waals surface area contributed by atoms with Crippen molar-refractivity contribution in [2.75, 3.05) is 13.6 Å². The summed E-state index contributed by atoms with van der Waals surface area (Å²) in [7, 11) is 2.13. The highest BCUT2D eigenvalue weighted by molar-refractivity contribution is 6.01. The van der Waals surface area contributed by atoms with Gasteiger partial charge < -0.3 is 0 Å². The predicted octanol–water partition coefficient (Wildman–Crippen LogP) is 2.50. The van der Waals surface area contributed by atoms with E-state index in [1.807, 2.05) is 0 Å². The number of nitrogens with zero attached hydrogens (tertiary/aromatic N) is 1. The van der Waals surface area contributed by atoms with Gasteiger partial charge in [0, 0.05) is 12.0 Å². The summed E-state index contributed by atoms with van der Waals surface area (Å²) in [4.78, 5) is 15.0. The maximum absolute atomic E-state index is 12.7. The van der Waals surface area contributed by atoms with E-state index in [0.29, 0.717) is 17.6 Å². The summed E-state index contributed by atoms with van der Waals surface area (Å²) in [6.45, 7) is 7.76. The minimum Gasteiger partial charge on any atom is -0.296 e. The van der Waals surface area contributed by atoms with Gasteiger partial charge in [0.2, 0.25) is 0 Å². The topological polar surface area (TPSA) is 20.3 Å². The van der Waals surface area contributed by atoms with Gasteiger partial charge in [0.15, 0.2) is 5.78 Å². The Morgan fingerprint density at radius 2 is 2.12 bits per heavy atom. The molecule has 2 fully saturated rings. The predicted molar refractivity (Wildman–Crippen MR) is 68.7 cm³/mol. The van der Waals surface area contributed by atoms with Crippen LogP contribution in [0.4, 0.5) is 0 Å². The molecule has 0 aromatic rings. The van der Waals surface area contributed by atoms with Gasteiger partial charge in [-0.3, -0.25) is 9.69 Å². The first-order valence-electron chi connectivity index (χ1n) is 6.92. The van der Waals surface area contributed by atoms with Gasteiger partial charge in [0.05, 0.1) is 6.04 Å². The van der Waals surface area contributed by atoms with Crippen LogP contribution in [0.15, 0.2) is 11.6 Å². The molecule has 17 heavy (non-hydrogen) atoms. The summed E-state index contributed by atoms with van der Waals surface area (Å²) < 4.78 is 0. The fourth-order valence-corrected chi connectivity index (χ4v) is 4.63. The number of hydrogen-bond donors (Lipinski definition) is 0. The van der Waals surface area contributed by atoms with Crippen LogP contribution in [-0.4, -0.2) is 30.3 Å². The zero-order valence-corrected chi connectivity index (χ0v) is 11.4. The van der Waals surface area contributed by atoms with Crippen LogP contribution in [0.1, 0.15) is 33.6 Å². The SMILES string of the molecule is CC(C)C1=C[C@H]2CC[C@H]3CN(C)C(C1=O)[C@]32C. The molecule has 3 rings (SSSR count). The van der Waals surface area contributed by atoms with E-state index >= 15 is 0 Å². The van der Waals surface area contributed by atoms with Crippen molar-refractivity contribution < 1.29 is 4.79 Å². The minimum absolute atomic E-state index is 0.155. The van der Waals surface area contributed by atoms with Crippen molar-refractivity contribution in [1.29, 1.82) is 0 Å². The maximum Gasteiger partial charge on any atom is 0.176 e. The molecule has 94 valence electrons. The Morgan fingerprint density at radius 1 is 1.41 bits per heavy atom. The summed E-state index contributed by atoms with van der Waals surface area (Å²) in [6, 6.07) is 0.155. The summed E-state index contributed by atoms with van der Waals surface area (Å²) in [6.07, 6.45) is 4.91. The van der Waals surface area contributed by atoms with Crippen LogP contribution >= 0.6 is 0 Å². The lowest BCUT2D eigenvalue weighted by molar-refractivity contribution is -0.124. The highest BCUT2D eigenvalue weighted by atomic mass is 16.1. The van der Waals surface area contributed by atoms with Crippen molar-refractivity contribution in [2.24, 2.45) is 23.2 Å². The van der Waals surface area contributed by atoms with E-state index in [1.54, 1.807) is 0 Å². The first-order valence-corrected chi connectivity index (χ1v) is 6.92. The molecule has 0 aromatic carbocycles. The molecule has 1 aliphatic heterocycles. The molecular formula is C15H23NO. The van der Waals surface area contributed by atoms with Gasteiger partial charge in [0.25, 0.3) is 0 Å². The Kier molecular flexibility index (Phi) is 2.32. The second-order valence-electron chi connectivity index (χ2n) is 6.73. The molecule has 0 aromatic heterocycles. The number of carbonyl (C=O) groups is 1. The van der Waals surface area contributed by atoms with Crippen LogP contribution in [0.5, 0.6) is 0 Å². The zero-order valence-electron chi connectivity index (χ0n) is 11.4. The molecule has 2 heteroatoms. The van der Waals surface area contributed by atoms with Crippen LogP contribution < -0.4 is 0 Å². The number of likely N-dealkylation sites (N-methyl/N-ethyl adjacent to an activating group) is 1. The van der Waals surface area contributed by atoms with Crippen molar-refractivity contribution in [3.05, 3.63) is 11.6 Å². The number of likely N-dealkylation sites (tertiary alicyclic amines) is 1. The lowest BCUT2D eigenvalue weighted by atomic mass is 9.64. The molecule has 2 aliphatic carbocycles. The molecule has 0 spiro atoms. The van der Waals surface area contributed by atoms with Crippen molar-refractivity contribution in [3.8, 4) is 0 Å². The molecule has 0 N–H and O–H groups in total. The zero-order chi connectivity index (χ0) is 12.4. The van der Waals surface area contributed by atoms with Crippen molar-refractivity contribution in [3.63, 3.8) is 0 Å². The second kappa shape index (κ2) is 3.44. The monoisotopic (exact) mass is 233 g/mol. The standard InChI is InChI=1S/C15H23NO/c1-9(2)12-7-10-5-6-11-8-16(4)14(13(12)17)15(10,11)3/h7,9-11,14H,5-6,8H2,1-4H3/t10-,11+,14?,15+/m1/s1. The lowest BCUT2D eigenvalue weighted by Gasteiger charge is -2.41. The largest absolute Gasteiger partial charge is 0.296 e. The number of carbonyl (C=O) groups excluding carboxylic acids is 1. The molecule has 1 heterocycles. The molecule has 3 aliphatic rings. The van der Waals surface area contributed by atoms with E-state index in [-0.39, 0.29) is 11.5 Å². The smallest absolute Gasteiger partial charge is 0.176 e. The van der Waals surface area contributed by atoms with E-state index < -0.39 is 0 Å². The number of hydrogen-bond acceptors (Lipinski definition) is 2. The van der Waals surface area contributed by atoms with Crippen LogP contribution in [0.3, 0.4) is 0 Å². The third-order valence-corrected chi connectivity index (χ3v) is 5.58. The van der Waals surface area contributed by atoms with E-state index in [2.05, 4.69) is 38.8 Å². The summed E-state index contributed by atoms with van der Waals surface area (Å²) in [5, 5.41) is 0. The van der Waals surface area contributed by atoms with E-state index in [0.717, 1.165) is 18.0 Å². The Bertz CT molecular complexity index is 398. The fraction of sp³-hybridized carbons (Fsp3) is 0.800. The van der Waals surface area contributed by atoms with Gasteiger partial charge in [-0.25, -0.2) is 0 Å². The third kappa shape index (κ3) is 1.28. The van der Waals surface area contributed by atoms with Gasteiger partial charge in [-0.2, -0.15) is 0 Å². The van der Waals surface area contributed by atoms with Gasteiger partial charge in [-0.1, -0.05) is 26.8 Å². The third-order valence-electron chi connectivity index (χ3n) is 5.58. The molecule has 1 saturated carbocycles. The quantitative estimate of drug-likeness (QED) is 0.693. The maximum atomic E-state index is 12.7. The van der Waals surface area contributed by atoms with Crippen molar-refractivity contribution >= 4 is 5.78 Å². The van der Waals surface area contributed by atoms with Crippen molar-refractivity contribution in [1.82, 2.24) is 4.90 Å². The highest BCUT2D eigenvalue weighted by Gasteiger charge is 2.61. The van der Waals surface area contributed by atoms with E-state index in [1.165, 1.54) is 12.8 Å². The van der Waals surface area contributed by atoms with Crippen LogP contribution in [0.2, 0.25) is 0 Å². The normalized spacial score (nSPS) is 45.4. The molecule has 4 atom stereocenters. The molecule has 2 nitrogen and oxygen atoms in total. The van der Waals surface area contributed by atoms with Gasteiger partial charge in [-0.05, 0) is 43.2 Å². The Morgan fingerprint density at radius 3 is 2.76 bits per heavy atom. The average molecular weight is 233 g/mol. The molecule has 1 unspecified atom stereocenters. The van der Waals surface area contributed by atoms with E-state index in [9.17, 15) is 4.79 Å². The highest BCUT2D eigenvalue weighted by Crippen LogP contribution is 2.58. The molecular weight excluding hydrogens is 210 g/mol. The summed E-state index contributed by atoms with van der Waals surface area (Å²) in [5.74, 6) is 2.15. The van der Waals surface area contributed by atoms with Crippen LogP contribution in [-0.2, 0) is 4.79 Å². The number of allylic oxidation sites excluding steroid dienone is 1. The summed E-state index contributed by atoms with van der Waals surface area (Å²) >= 11 is 0. The molecule has 0 radical (unpaired) electrons. The summed E-state index contributed by atoms with van der Waals surface area (Å²) in [5.41, 5.74) is 1.32. The minimum atomic E-state index is 0.155. The first-order chi connectivity index (χ1) is 7.96. The number of rotatable bonds is 1. The van der Waals surface area contributed by atoms with Gasteiger partial charge in [0.1, 0.15) is 0 Å². The van der Waals surface area contributed by atoms with E-state index in [4.69, 9.17) is 0 Å². The number of ketones is 1. The molecule has 1 saturated heterocycles. The number of Topliss-reactive ketones (excluding diaryl/α,β-unsaturated/α-hetero) is 1. The molecule has 0 bridgehead atoms. The van der Waals surface area contributed by atoms with Gasteiger partial charge >= 0.3 is 0 Å².